The van der Waals surface area contributed by atoms with Crippen LogP contribution in [0.1, 0.15) is 23.6 Å². The first-order valence-electron chi connectivity index (χ1n) is 10.7. The SMILES string of the molecule is CCOc1cc(/C=C2/NC(=O)N(Cc3ccccc3)C2=O)cc(Cl)c1OCc1ccc(I)cc1. The van der Waals surface area contributed by atoms with Gasteiger partial charge in [0.15, 0.2) is 11.5 Å². The lowest BCUT2D eigenvalue weighted by molar-refractivity contribution is -0.123. The molecule has 0 radical (unpaired) electrons. The Kier molecular flexibility index (Phi) is 7.74. The van der Waals surface area contributed by atoms with Crippen LogP contribution in [0.2, 0.25) is 5.02 Å². The molecule has 1 aliphatic heterocycles. The van der Waals surface area contributed by atoms with Crippen molar-refractivity contribution in [3.05, 3.63) is 97.7 Å². The summed E-state index contributed by atoms with van der Waals surface area (Å²) >= 11 is 8.78. The molecule has 0 bridgehead atoms. The van der Waals surface area contributed by atoms with Crippen molar-refractivity contribution in [1.82, 2.24) is 10.2 Å². The zero-order chi connectivity index (χ0) is 24.1. The normalized spacial score (nSPS) is 14.4. The van der Waals surface area contributed by atoms with Gasteiger partial charge in [-0.05, 0) is 76.5 Å². The predicted octanol–water partition coefficient (Wildman–Crippen LogP) is 6.02. The molecule has 1 heterocycles. The number of halogens is 2. The molecule has 3 aromatic rings. The summed E-state index contributed by atoms with van der Waals surface area (Å²) in [6.07, 6.45) is 1.59. The third-order valence-electron chi connectivity index (χ3n) is 5.08. The molecule has 1 saturated heterocycles. The van der Waals surface area contributed by atoms with Crippen molar-refractivity contribution in [2.75, 3.05) is 6.61 Å². The number of hydrogen-bond donors (Lipinski definition) is 1. The molecule has 0 saturated carbocycles. The van der Waals surface area contributed by atoms with E-state index in [4.69, 9.17) is 21.1 Å². The summed E-state index contributed by atoms with van der Waals surface area (Å²) in [5.41, 5.74) is 2.65. The quantitative estimate of drug-likeness (QED) is 0.199. The topological polar surface area (TPSA) is 67.9 Å². The molecule has 3 amide bonds. The molecule has 1 fully saturated rings. The van der Waals surface area contributed by atoms with Crippen LogP contribution in [0.15, 0.2) is 72.4 Å². The Labute approximate surface area is 216 Å². The average molecular weight is 589 g/mol. The van der Waals surface area contributed by atoms with E-state index >= 15 is 0 Å². The molecular formula is C26H22ClIN2O4. The number of carbonyl (C=O) groups is 2. The highest BCUT2D eigenvalue weighted by molar-refractivity contribution is 14.1. The smallest absolute Gasteiger partial charge is 0.329 e. The second kappa shape index (κ2) is 10.9. The first-order chi connectivity index (χ1) is 16.4. The maximum Gasteiger partial charge on any atom is 0.329 e. The Morgan fingerprint density at radius 3 is 2.44 bits per heavy atom. The van der Waals surface area contributed by atoms with E-state index < -0.39 is 11.9 Å². The van der Waals surface area contributed by atoms with Crippen molar-refractivity contribution in [3.63, 3.8) is 0 Å². The molecular weight excluding hydrogens is 567 g/mol. The molecule has 6 nitrogen and oxygen atoms in total. The van der Waals surface area contributed by atoms with Crippen LogP contribution in [0.25, 0.3) is 6.08 Å². The van der Waals surface area contributed by atoms with Crippen LogP contribution in [0.5, 0.6) is 11.5 Å². The van der Waals surface area contributed by atoms with Gasteiger partial charge in [-0.3, -0.25) is 9.69 Å². The van der Waals surface area contributed by atoms with Gasteiger partial charge < -0.3 is 14.8 Å². The number of hydrogen-bond acceptors (Lipinski definition) is 4. The van der Waals surface area contributed by atoms with E-state index in [0.29, 0.717) is 35.3 Å². The predicted molar refractivity (Wildman–Crippen MR) is 140 cm³/mol. The number of amides is 3. The summed E-state index contributed by atoms with van der Waals surface area (Å²) in [6.45, 7) is 2.81. The van der Waals surface area contributed by atoms with Crippen LogP contribution in [-0.4, -0.2) is 23.4 Å². The van der Waals surface area contributed by atoms with Crippen molar-refractivity contribution >= 4 is 52.2 Å². The molecule has 8 heteroatoms. The second-order valence-electron chi connectivity index (χ2n) is 7.54. The number of rotatable bonds is 8. The molecule has 3 aromatic carbocycles. The third-order valence-corrected chi connectivity index (χ3v) is 6.08. The Morgan fingerprint density at radius 2 is 1.74 bits per heavy atom. The summed E-state index contributed by atoms with van der Waals surface area (Å²) in [5.74, 6) is 0.490. The number of imide groups is 1. The van der Waals surface area contributed by atoms with Gasteiger partial charge in [-0.15, -0.1) is 0 Å². The summed E-state index contributed by atoms with van der Waals surface area (Å²) in [5, 5.41) is 2.99. The molecule has 34 heavy (non-hydrogen) atoms. The molecule has 0 aromatic heterocycles. The standard InChI is InChI=1S/C26H22ClIN2O4/c1-2-33-23-14-19(12-21(27)24(23)34-16-18-8-10-20(28)11-9-18)13-22-25(31)30(26(32)29-22)15-17-6-4-3-5-7-17/h3-14H,2,15-16H2,1H3,(H,29,32)/b22-13+. The van der Waals surface area contributed by atoms with Crippen LogP contribution >= 0.6 is 34.2 Å². The van der Waals surface area contributed by atoms with Crippen molar-refractivity contribution in [2.24, 2.45) is 0 Å². The Bertz CT molecular complexity index is 1230. The zero-order valence-corrected chi connectivity index (χ0v) is 21.3. The van der Waals surface area contributed by atoms with Gasteiger partial charge >= 0.3 is 6.03 Å². The lowest BCUT2D eigenvalue weighted by Crippen LogP contribution is -2.30. The van der Waals surface area contributed by atoms with Crippen molar-refractivity contribution in [2.45, 2.75) is 20.1 Å². The first-order valence-corrected chi connectivity index (χ1v) is 12.1. The second-order valence-corrected chi connectivity index (χ2v) is 9.20. The Hall–Kier alpha value is -3.04. The minimum Gasteiger partial charge on any atom is -0.490 e. The fourth-order valence-corrected chi connectivity index (χ4v) is 4.09. The van der Waals surface area contributed by atoms with E-state index in [0.717, 1.165) is 14.7 Å². The number of nitrogens with one attached hydrogen (secondary N) is 1. The Balaban J connectivity index is 1.55. The van der Waals surface area contributed by atoms with Gasteiger partial charge in [0.05, 0.1) is 18.2 Å². The maximum absolute atomic E-state index is 12.9. The third kappa shape index (κ3) is 5.71. The van der Waals surface area contributed by atoms with Gasteiger partial charge in [0.2, 0.25) is 0 Å². The zero-order valence-electron chi connectivity index (χ0n) is 18.4. The first kappa shape index (κ1) is 24.1. The van der Waals surface area contributed by atoms with Crippen LogP contribution in [0.3, 0.4) is 0 Å². The van der Waals surface area contributed by atoms with Crippen molar-refractivity contribution < 1.29 is 19.1 Å². The lowest BCUT2D eigenvalue weighted by Gasteiger charge is -2.15. The van der Waals surface area contributed by atoms with Crippen molar-refractivity contribution in [3.8, 4) is 11.5 Å². The fraction of sp³-hybridized carbons (Fsp3) is 0.154. The van der Waals surface area contributed by atoms with Crippen LogP contribution in [0.4, 0.5) is 4.79 Å². The van der Waals surface area contributed by atoms with Gasteiger partial charge in [-0.1, -0.05) is 54.1 Å². The van der Waals surface area contributed by atoms with E-state index in [-0.39, 0.29) is 12.2 Å². The van der Waals surface area contributed by atoms with Crippen molar-refractivity contribution in [1.29, 1.82) is 0 Å². The summed E-state index contributed by atoms with van der Waals surface area (Å²) < 4.78 is 12.9. The highest BCUT2D eigenvalue weighted by atomic mass is 127. The molecule has 0 spiro atoms. The molecule has 0 atom stereocenters. The highest BCUT2D eigenvalue weighted by Gasteiger charge is 2.33. The molecule has 1 aliphatic rings. The van der Waals surface area contributed by atoms with Crippen LogP contribution in [-0.2, 0) is 17.9 Å². The number of benzene rings is 3. The molecule has 1 N–H and O–H groups in total. The largest absolute Gasteiger partial charge is 0.490 e. The van der Waals surface area contributed by atoms with Gasteiger partial charge in [0.25, 0.3) is 5.91 Å². The van der Waals surface area contributed by atoms with Gasteiger partial charge in [0, 0.05) is 3.57 Å². The molecule has 4 rings (SSSR count). The number of nitrogens with zero attached hydrogens (tertiary/aromatic N) is 1. The average Bonchev–Trinajstić information content (AvgIpc) is 3.08. The fourth-order valence-electron chi connectivity index (χ4n) is 3.46. The number of carbonyl (C=O) groups excluding carboxylic acids is 2. The van der Waals surface area contributed by atoms with Crippen LogP contribution < -0.4 is 14.8 Å². The summed E-state index contributed by atoms with van der Waals surface area (Å²) in [4.78, 5) is 26.4. The minimum absolute atomic E-state index is 0.173. The number of ether oxygens (including phenoxy) is 2. The van der Waals surface area contributed by atoms with E-state index in [1.165, 1.54) is 4.90 Å². The van der Waals surface area contributed by atoms with Gasteiger partial charge in [0.1, 0.15) is 12.3 Å². The Morgan fingerprint density at radius 1 is 1.00 bits per heavy atom. The molecule has 0 unspecified atom stereocenters. The van der Waals surface area contributed by atoms with E-state index in [1.807, 2.05) is 61.5 Å². The summed E-state index contributed by atoms with van der Waals surface area (Å²) in [6, 6.07) is 20.3. The van der Waals surface area contributed by atoms with E-state index in [9.17, 15) is 9.59 Å². The van der Waals surface area contributed by atoms with E-state index in [1.54, 1.807) is 18.2 Å². The number of urea groups is 1. The highest BCUT2D eigenvalue weighted by Crippen LogP contribution is 2.38. The molecule has 0 aliphatic carbocycles. The van der Waals surface area contributed by atoms with Crippen LogP contribution in [0, 0.1) is 3.57 Å². The van der Waals surface area contributed by atoms with Gasteiger partial charge in [-0.2, -0.15) is 0 Å². The summed E-state index contributed by atoms with van der Waals surface area (Å²) in [7, 11) is 0. The molecule has 174 valence electrons. The maximum atomic E-state index is 12.9. The minimum atomic E-state index is -0.464. The monoisotopic (exact) mass is 588 g/mol. The van der Waals surface area contributed by atoms with Gasteiger partial charge in [-0.25, -0.2) is 4.79 Å². The lowest BCUT2D eigenvalue weighted by atomic mass is 10.1. The van der Waals surface area contributed by atoms with E-state index in [2.05, 4.69) is 27.9 Å².